The molecule has 2 aromatic heterocycles. The molecule has 0 atom stereocenters. The number of pyridine rings is 2. The lowest BCUT2D eigenvalue weighted by Gasteiger charge is -2.22. The molecular weight excluding hydrogens is 438 g/mol. The maximum absolute atomic E-state index is 6.30. The monoisotopic (exact) mass is 469 g/mol. The van der Waals surface area contributed by atoms with Gasteiger partial charge in [0.15, 0.2) is 0 Å². The third-order valence-corrected chi connectivity index (χ3v) is 5.98. The van der Waals surface area contributed by atoms with Crippen LogP contribution in [-0.4, -0.2) is 9.97 Å². The number of benzene rings is 2. The molecule has 0 unspecified atom stereocenters. The molecule has 0 fully saturated rings. The van der Waals surface area contributed by atoms with E-state index in [0.29, 0.717) is 5.02 Å². The van der Waals surface area contributed by atoms with Crippen molar-refractivity contribution >= 4 is 23.0 Å². The number of para-hydroxylation sites is 1. The van der Waals surface area contributed by atoms with E-state index in [-0.39, 0.29) is 10.8 Å². The standard InChI is InChI=1S/C30H32ClN3/c1-29(2,3)26-17-9-15-24(33-26)22-13-8-14-23(25-16-10-18-27(34-25)30(4,5)6)28(22)32-21-12-7-11-20(31)19-21/h7-19,32H,1-6H3. The van der Waals surface area contributed by atoms with E-state index in [1.54, 1.807) is 0 Å². The van der Waals surface area contributed by atoms with Crippen molar-refractivity contribution in [1.29, 1.82) is 0 Å². The van der Waals surface area contributed by atoms with Gasteiger partial charge in [-0.1, -0.05) is 89.5 Å². The third-order valence-electron chi connectivity index (χ3n) is 5.75. The molecule has 0 aliphatic heterocycles. The lowest BCUT2D eigenvalue weighted by Crippen LogP contribution is -2.14. The highest BCUT2D eigenvalue weighted by molar-refractivity contribution is 6.30. The summed E-state index contributed by atoms with van der Waals surface area (Å²) in [5.41, 5.74) is 7.78. The van der Waals surface area contributed by atoms with Gasteiger partial charge in [-0.3, -0.25) is 9.97 Å². The molecule has 0 spiro atoms. The summed E-state index contributed by atoms with van der Waals surface area (Å²) >= 11 is 6.30. The normalized spacial score (nSPS) is 12.0. The first-order valence-corrected chi connectivity index (χ1v) is 12.0. The Labute approximate surface area is 208 Å². The van der Waals surface area contributed by atoms with E-state index < -0.39 is 0 Å². The highest BCUT2D eigenvalue weighted by atomic mass is 35.5. The number of anilines is 2. The number of hydrogen-bond donors (Lipinski definition) is 1. The summed E-state index contributed by atoms with van der Waals surface area (Å²) in [6, 6.07) is 26.5. The van der Waals surface area contributed by atoms with E-state index in [4.69, 9.17) is 21.6 Å². The molecule has 4 heteroatoms. The van der Waals surface area contributed by atoms with Crippen LogP contribution in [0.25, 0.3) is 22.5 Å². The molecule has 0 aliphatic carbocycles. The minimum absolute atomic E-state index is 0.0449. The predicted molar refractivity (Wildman–Crippen MR) is 145 cm³/mol. The van der Waals surface area contributed by atoms with Crippen LogP contribution >= 0.6 is 11.6 Å². The molecule has 4 rings (SSSR count). The summed E-state index contributed by atoms with van der Waals surface area (Å²) in [5.74, 6) is 0. The molecule has 34 heavy (non-hydrogen) atoms. The quantitative estimate of drug-likeness (QED) is 0.324. The Morgan fingerprint density at radius 2 is 1.09 bits per heavy atom. The summed E-state index contributed by atoms with van der Waals surface area (Å²) in [5, 5.41) is 4.32. The molecule has 1 N–H and O–H groups in total. The van der Waals surface area contributed by atoms with Gasteiger partial charge in [0.05, 0.1) is 17.1 Å². The van der Waals surface area contributed by atoms with Crippen LogP contribution in [0.5, 0.6) is 0 Å². The van der Waals surface area contributed by atoms with Gasteiger partial charge in [-0.25, -0.2) is 0 Å². The molecule has 2 aromatic carbocycles. The van der Waals surface area contributed by atoms with Crippen LogP contribution in [0.3, 0.4) is 0 Å². The van der Waals surface area contributed by atoms with Crippen LogP contribution in [0, 0.1) is 0 Å². The van der Waals surface area contributed by atoms with Crippen LogP contribution in [0.15, 0.2) is 78.9 Å². The largest absolute Gasteiger partial charge is 0.354 e. The second-order valence-corrected chi connectivity index (χ2v) is 11.1. The number of hydrogen-bond acceptors (Lipinski definition) is 3. The lowest BCUT2D eigenvalue weighted by molar-refractivity contribution is 0.569. The molecule has 0 bridgehead atoms. The maximum atomic E-state index is 6.30. The van der Waals surface area contributed by atoms with Gasteiger partial charge in [0.25, 0.3) is 0 Å². The molecule has 0 saturated carbocycles. The number of halogens is 1. The van der Waals surface area contributed by atoms with Crippen molar-refractivity contribution in [3.05, 3.63) is 95.3 Å². The van der Waals surface area contributed by atoms with Crippen LogP contribution in [0.2, 0.25) is 5.02 Å². The Kier molecular flexibility index (Phi) is 6.51. The first-order valence-electron chi connectivity index (χ1n) is 11.6. The summed E-state index contributed by atoms with van der Waals surface area (Å²) in [6.07, 6.45) is 0. The molecule has 0 amide bonds. The van der Waals surface area contributed by atoms with Crippen LogP contribution in [-0.2, 0) is 10.8 Å². The van der Waals surface area contributed by atoms with Crippen molar-refractivity contribution in [2.24, 2.45) is 0 Å². The van der Waals surface area contributed by atoms with E-state index in [0.717, 1.165) is 45.3 Å². The van der Waals surface area contributed by atoms with Gasteiger partial charge in [0.2, 0.25) is 0 Å². The van der Waals surface area contributed by atoms with E-state index in [1.165, 1.54) is 0 Å². The van der Waals surface area contributed by atoms with Crippen molar-refractivity contribution in [3.63, 3.8) is 0 Å². The second-order valence-electron chi connectivity index (χ2n) is 10.7. The molecule has 2 heterocycles. The minimum Gasteiger partial charge on any atom is -0.354 e. The van der Waals surface area contributed by atoms with Gasteiger partial charge in [0.1, 0.15) is 0 Å². The SMILES string of the molecule is CC(C)(C)c1cccc(-c2cccc(-c3cccc(C(C)(C)C)n3)c2Nc2cccc(Cl)c2)n1. The average molecular weight is 470 g/mol. The van der Waals surface area contributed by atoms with Gasteiger partial charge >= 0.3 is 0 Å². The molecular formula is C30H32ClN3. The van der Waals surface area contributed by atoms with Gasteiger partial charge in [0, 0.05) is 44.1 Å². The fraction of sp³-hybridized carbons (Fsp3) is 0.267. The van der Waals surface area contributed by atoms with Crippen LogP contribution in [0.4, 0.5) is 11.4 Å². The Hall–Kier alpha value is -3.17. The van der Waals surface area contributed by atoms with E-state index in [9.17, 15) is 0 Å². The van der Waals surface area contributed by atoms with E-state index in [1.807, 2.05) is 24.3 Å². The zero-order valence-electron chi connectivity index (χ0n) is 20.8. The van der Waals surface area contributed by atoms with Gasteiger partial charge < -0.3 is 5.32 Å². The highest BCUT2D eigenvalue weighted by Gasteiger charge is 2.20. The van der Waals surface area contributed by atoms with Crippen molar-refractivity contribution in [2.75, 3.05) is 5.32 Å². The van der Waals surface area contributed by atoms with Crippen LogP contribution in [0.1, 0.15) is 52.9 Å². The number of nitrogens with zero attached hydrogens (tertiary/aromatic N) is 2. The molecule has 0 saturated heterocycles. The maximum Gasteiger partial charge on any atom is 0.0726 e. The minimum atomic E-state index is -0.0449. The Balaban J connectivity index is 1.93. The van der Waals surface area contributed by atoms with Gasteiger partial charge in [-0.15, -0.1) is 0 Å². The van der Waals surface area contributed by atoms with Crippen molar-refractivity contribution in [1.82, 2.24) is 9.97 Å². The number of nitrogens with one attached hydrogen (secondary N) is 1. The Bertz CT molecular complexity index is 1240. The van der Waals surface area contributed by atoms with Gasteiger partial charge in [-0.05, 0) is 42.5 Å². The number of aromatic nitrogens is 2. The van der Waals surface area contributed by atoms with Crippen LogP contribution < -0.4 is 5.32 Å². The van der Waals surface area contributed by atoms with Gasteiger partial charge in [-0.2, -0.15) is 0 Å². The molecule has 174 valence electrons. The summed E-state index contributed by atoms with van der Waals surface area (Å²) in [6.45, 7) is 13.1. The molecule has 0 radical (unpaired) electrons. The fourth-order valence-electron chi connectivity index (χ4n) is 3.83. The average Bonchev–Trinajstić information content (AvgIpc) is 2.78. The van der Waals surface area contributed by atoms with Crippen molar-refractivity contribution in [2.45, 2.75) is 52.4 Å². The van der Waals surface area contributed by atoms with Crippen molar-refractivity contribution in [3.8, 4) is 22.5 Å². The highest BCUT2D eigenvalue weighted by Crippen LogP contribution is 2.39. The number of rotatable bonds is 4. The summed E-state index contributed by atoms with van der Waals surface area (Å²) in [4.78, 5) is 10.1. The topological polar surface area (TPSA) is 37.8 Å². The van der Waals surface area contributed by atoms with E-state index in [2.05, 4.69) is 101 Å². The van der Waals surface area contributed by atoms with Crippen molar-refractivity contribution < 1.29 is 0 Å². The van der Waals surface area contributed by atoms with E-state index >= 15 is 0 Å². The second kappa shape index (κ2) is 9.23. The zero-order valence-corrected chi connectivity index (χ0v) is 21.5. The molecule has 0 aliphatic rings. The Morgan fingerprint density at radius 3 is 1.56 bits per heavy atom. The smallest absolute Gasteiger partial charge is 0.0726 e. The zero-order chi connectivity index (χ0) is 24.5. The first-order chi connectivity index (χ1) is 16.0. The molecule has 3 nitrogen and oxygen atoms in total. The summed E-state index contributed by atoms with van der Waals surface area (Å²) < 4.78 is 0. The fourth-order valence-corrected chi connectivity index (χ4v) is 4.02. The first kappa shape index (κ1) is 24.0. The Morgan fingerprint density at radius 1 is 0.618 bits per heavy atom. The third kappa shape index (κ3) is 5.31. The lowest BCUT2D eigenvalue weighted by atomic mass is 9.90. The summed E-state index contributed by atoms with van der Waals surface area (Å²) in [7, 11) is 0. The predicted octanol–water partition coefficient (Wildman–Crippen LogP) is 8.80. The molecule has 4 aromatic rings.